The predicted molar refractivity (Wildman–Crippen MR) is 180 cm³/mol. The Morgan fingerprint density at radius 2 is 1.83 bits per heavy atom. The summed E-state index contributed by atoms with van der Waals surface area (Å²) in [4.78, 5) is 56.3. The Bertz CT molecular complexity index is 1820. The number of ether oxygens (including phenoxy) is 1. The van der Waals surface area contributed by atoms with E-state index < -0.39 is 52.7 Å². The maximum Gasteiger partial charge on any atom is 0.325 e. The molecule has 0 heterocycles. The first-order chi connectivity index (χ1) is 22.6. The number of hydrogen-bond donors (Lipinski definition) is 5. The number of carbonyl (C=O) groups is 4. The highest BCUT2D eigenvalue weighted by Gasteiger charge is 2.60. The summed E-state index contributed by atoms with van der Waals surface area (Å²) >= 11 is 0. The number of nitrogens with two attached hydrogens (primary N) is 1. The minimum atomic E-state index is -2.08. The maximum absolute atomic E-state index is 14.6. The fourth-order valence-corrected chi connectivity index (χ4v) is 7.62. The molecule has 0 aliphatic heterocycles. The van der Waals surface area contributed by atoms with Gasteiger partial charge in [0.25, 0.3) is 5.91 Å². The number of carbonyl (C=O) groups excluding carboxylic acids is 4. The van der Waals surface area contributed by atoms with Crippen molar-refractivity contribution in [2.45, 2.75) is 38.3 Å². The SMILES string of the molecule is C=C(N)C1=C(O)[C@@]2(O)C(C)=C3C(=O)c4c(O)c(-c5cccc(C(=O)NCC(=O)OCC)c5)cc(N(C)C)c4C[C@H]3C[C@H]2[C@@H](N(C)C)C1=O. The summed E-state index contributed by atoms with van der Waals surface area (Å²) in [6.45, 7) is 6.77. The van der Waals surface area contributed by atoms with Gasteiger partial charge in [0.15, 0.2) is 11.6 Å². The number of phenols is 1. The highest BCUT2D eigenvalue weighted by Crippen LogP contribution is 2.55. The van der Waals surface area contributed by atoms with Crippen molar-refractivity contribution in [1.82, 2.24) is 10.2 Å². The Balaban J connectivity index is 1.65. The maximum atomic E-state index is 14.6. The molecule has 12 heteroatoms. The molecule has 254 valence electrons. The molecule has 12 nitrogen and oxygen atoms in total. The monoisotopic (exact) mass is 658 g/mol. The van der Waals surface area contributed by atoms with E-state index in [2.05, 4.69) is 11.9 Å². The molecule has 2 aromatic rings. The Morgan fingerprint density at radius 3 is 2.44 bits per heavy atom. The molecule has 0 unspecified atom stereocenters. The molecule has 48 heavy (non-hydrogen) atoms. The Morgan fingerprint density at radius 1 is 1.15 bits per heavy atom. The van der Waals surface area contributed by atoms with Crippen LogP contribution in [0.25, 0.3) is 11.1 Å². The van der Waals surface area contributed by atoms with Crippen LogP contribution in [0.4, 0.5) is 5.69 Å². The number of aliphatic hydroxyl groups is 2. The normalized spacial score (nSPS) is 23.4. The number of hydrogen-bond acceptors (Lipinski definition) is 11. The number of anilines is 1. The first-order valence-corrected chi connectivity index (χ1v) is 15.7. The summed E-state index contributed by atoms with van der Waals surface area (Å²) in [5, 5.41) is 38.0. The standard InChI is InChI=1S/C36H42N4O8/c1-8-48-26(41)16-38-35(46)20-11-9-10-19(12-20)22-15-25(39(4)5)23-13-21-14-24-30(40(6)7)33(44)28(18(3)37)34(45)36(24,47)17(2)27(21)32(43)29(23)31(22)42/h9-12,15,21,24,30,42,45,47H,3,8,13-14,16,37H2,1-2,4-7H3,(H,38,46)/t21-,24-,30+,36+/m0/s1. The number of fused-ring (bicyclic) bond motifs is 3. The zero-order valence-corrected chi connectivity index (χ0v) is 28.0. The molecule has 3 aliphatic rings. The molecule has 0 bridgehead atoms. The minimum Gasteiger partial charge on any atom is -0.508 e. The smallest absolute Gasteiger partial charge is 0.325 e. The number of aliphatic hydroxyl groups excluding tert-OH is 1. The second-order valence-corrected chi connectivity index (χ2v) is 13.0. The second-order valence-electron chi connectivity index (χ2n) is 13.0. The van der Waals surface area contributed by atoms with Crippen LogP contribution in [0.5, 0.6) is 5.75 Å². The summed E-state index contributed by atoms with van der Waals surface area (Å²) in [5.74, 6) is -4.18. The van der Waals surface area contributed by atoms with Gasteiger partial charge in [-0.2, -0.15) is 0 Å². The van der Waals surface area contributed by atoms with E-state index in [1.807, 2.05) is 19.0 Å². The molecular weight excluding hydrogens is 616 g/mol. The van der Waals surface area contributed by atoms with Gasteiger partial charge in [-0.05, 0) is 81.6 Å². The van der Waals surface area contributed by atoms with Gasteiger partial charge < -0.3 is 36.0 Å². The Labute approximate surface area is 279 Å². The number of likely N-dealkylation sites (N-methyl/N-ethyl adjacent to an activating group) is 1. The van der Waals surface area contributed by atoms with Crippen LogP contribution in [0, 0.1) is 11.8 Å². The van der Waals surface area contributed by atoms with Gasteiger partial charge in [0.1, 0.15) is 23.7 Å². The highest BCUT2D eigenvalue weighted by molar-refractivity contribution is 6.16. The van der Waals surface area contributed by atoms with Crippen molar-refractivity contribution in [3.63, 3.8) is 0 Å². The summed E-state index contributed by atoms with van der Waals surface area (Å²) in [7, 11) is 7.06. The fraction of sp³-hybridized carbons (Fsp3) is 0.389. The average Bonchev–Trinajstić information content (AvgIpc) is 3.01. The van der Waals surface area contributed by atoms with Crippen molar-refractivity contribution < 1.29 is 39.2 Å². The van der Waals surface area contributed by atoms with Crippen LogP contribution in [0.15, 0.2) is 65.1 Å². The van der Waals surface area contributed by atoms with E-state index in [9.17, 15) is 34.5 Å². The lowest BCUT2D eigenvalue weighted by molar-refractivity contribution is -0.141. The molecule has 0 saturated heterocycles. The van der Waals surface area contributed by atoms with Crippen LogP contribution in [0.3, 0.4) is 0 Å². The number of nitrogens with zero attached hydrogens (tertiary/aromatic N) is 2. The topological polar surface area (TPSA) is 183 Å². The number of esters is 1. The van der Waals surface area contributed by atoms with Crippen LogP contribution in [-0.4, -0.2) is 96.6 Å². The average molecular weight is 659 g/mol. The number of benzene rings is 2. The predicted octanol–water partition coefficient (Wildman–Crippen LogP) is 2.64. The van der Waals surface area contributed by atoms with Gasteiger partial charge >= 0.3 is 5.97 Å². The second kappa shape index (κ2) is 12.6. The van der Waals surface area contributed by atoms with Gasteiger partial charge in [-0.15, -0.1) is 0 Å². The molecule has 4 atom stereocenters. The molecule has 2 aromatic carbocycles. The van der Waals surface area contributed by atoms with Gasteiger partial charge in [-0.3, -0.25) is 24.1 Å². The van der Waals surface area contributed by atoms with Gasteiger partial charge in [0.05, 0.1) is 23.8 Å². The van der Waals surface area contributed by atoms with E-state index in [0.717, 1.165) is 0 Å². The minimum absolute atomic E-state index is 0.0592. The first-order valence-electron chi connectivity index (χ1n) is 15.7. The van der Waals surface area contributed by atoms with Gasteiger partial charge in [-0.1, -0.05) is 18.7 Å². The Kier molecular flexibility index (Phi) is 9.02. The summed E-state index contributed by atoms with van der Waals surface area (Å²) in [5.41, 5.74) is 6.18. The number of amides is 1. The van der Waals surface area contributed by atoms with Gasteiger partial charge in [-0.25, -0.2) is 0 Å². The third-order valence-electron chi connectivity index (χ3n) is 9.75. The summed E-state index contributed by atoms with van der Waals surface area (Å²) < 4.78 is 4.87. The first kappa shape index (κ1) is 34.4. The molecule has 0 radical (unpaired) electrons. The van der Waals surface area contributed by atoms with Crippen LogP contribution in [0.2, 0.25) is 0 Å². The van der Waals surface area contributed by atoms with E-state index in [4.69, 9.17) is 10.5 Å². The molecule has 6 N–H and O–H groups in total. The number of nitrogens with one attached hydrogen (secondary N) is 1. The summed E-state index contributed by atoms with van der Waals surface area (Å²) in [6.07, 6.45) is 0.531. The van der Waals surface area contributed by atoms with E-state index in [1.165, 1.54) is 0 Å². The van der Waals surface area contributed by atoms with Crippen molar-refractivity contribution in [1.29, 1.82) is 0 Å². The molecule has 0 spiro atoms. The number of rotatable bonds is 8. The largest absolute Gasteiger partial charge is 0.508 e. The van der Waals surface area contributed by atoms with Gasteiger partial charge in [0, 0.05) is 48.1 Å². The number of ketones is 2. The Hall–Kier alpha value is -4.94. The van der Waals surface area contributed by atoms with Crippen molar-refractivity contribution >= 4 is 29.1 Å². The fourth-order valence-electron chi connectivity index (χ4n) is 7.62. The van der Waals surface area contributed by atoms with Crippen molar-refractivity contribution in [3.8, 4) is 16.9 Å². The van der Waals surface area contributed by atoms with Crippen molar-refractivity contribution in [2.24, 2.45) is 17.6 Å². The number of Topliss-reactive ketones (excluding diaryl/α,β-unsaturated/α-hetero) is 2. The zero-order chi connectivity index (χ0) is 35.4. The summed E-state index contributed by atoms with van der Waals surface area (Å²) in [6, 6.07) is 7.37. The van der Waals surface area contributed by atoms with E-state index >= 15 is 0 Å². The number of phenolic OH excluding ortho intramolecular Hbond substituents is 1. The van der Waals surface area contributed by atoms with E-state index in [-0.39, 0.29) is 58.9 Å². The highest BCUT2D eigenvalue weighted by atomic mass is 16.5. The van der Waals surface area contributed by atoms with Crippen LogP contribution in [0.1, 0.15) is 46.5 Å². The van der Waals surface area contributed by atoms with E-state index in [1.54, 1.807) is 63.2 Å². The number of aromatic hydroxyl groups is 1. The van der Waals surface area contributed by atoms with Crippen LogP contribution < -0.4 is 16.0 Å². The lowest BCUT2D eigenvalue weighted by Crippen LogP contribution is -2.61. The lowest BCUT2D eigenvalue weighted by atomic mass is 9.57. The zero-order valence-electron chi connectivity index (χ0n) is 28.0. The molecule has 5 rings (SSSR count). The molecule has 0 aromatic heterocycles. The molecule has 1 amide bonds. The molecule has 0 fully saturated rings. The lowest BCUT2D eigenvalue weighted by Gasteiger charge is -2.52. The van der Waals surface area contributed by atoms with Crippen LogP contribution >= 0.6 is 0 Å². The van der Waals surface area contributed by atoms with Crippen molar-refractivity contribution in [2.75, 3.05) is 46.2 Å². The number of allylic oxidation sites excluding steroid dienone is 2. The molecule has 3 aliphatic carbocycles. The van der Waals surface area contributed by atoms with E-state index in [0.29, 0.717) is 28.8 Å². The third-order valence-corrected chi connectivity index (χ3v) is 9.75. The third kappa shape index (κ3) is 5.34. The molecular formula is C36H42N4O8. The molecule has 0 saturated carbocycles. The van der Waals surface area contributed by atoms with Crippen LogP contribution in [-0.2, 0) is 20.7 Å². The van der Waals surface area contributed by atoms with Gasteiger partial charge in [0.2, 0.25) is 0 Å². The quantitative estimate of drug-likeness (QED) is 0.263. The van der Waals surface area contributed by atoms with Crippen molar-refractivity contribution in [3.05, 3.63) is 81.8 Å².